The lowest BCUT2D eigenvalue weighted by Gasteiger charge is -2.43. The van der Waals surface area contributed by atoms with Crippen molar-refractivity contribution in [1.82, 2.24) is 4.90 Å². The van der Waals surface area contributed by atoms with E-state index >= 15 is 0 Å². The maximum Gasteiger partial charge on any atom is 0.150 e. The van der Waals surface area contributed by atoms with E-state index < -0.39 is 0 Å². The fourth-order valence-corrected chi connectivity index (χ4v) is 3.58. The third-order valence-electron chi connectivity index (χ3n) is 4.04. The van der Waals surface area contributed by atoms with Crippen LogP contribution >= 0.6 is 0 Å². The molecule has 0 amide bonds. The molecular weight excluding hydrogens is 186 g/mol. The van der Waals surface area contributed by atoms with Crippen LogP contribution in [0.15, 0.2) is 0 Å². The predicted molar refractivity (Wildman–Crippen MR) is 61.8 cm³/mol. The second kappa shape index (κ2) is 3.58. The van der Waals surface area contributed by atoms with Gasteiger partial charge in [-0.05, 0) is 46.0 Å². The summed E-state index contributed by atoms with van der Waals surface area (Å²) >= 11 is 0. The molecule has 2 heteroatoms. The average Bonchev–Trinajstić information content (AvgIpc) is 2.73. The van der Waals surface area contributed by atoms with Crippen LogP contribution in [0.4, 0.5) is 0 Å². The van der Waals surface area contributed by atoms with Crippen LogP contribution in [0.2, 0.25) is 0 Å². The average molecular weight is 209 g/mol. The Morgan fingerprint density at radius 3 is 2.53 bits per heavy atom. The van der Waals surface area contributed by atoms with Crippen LogP contribution in [0.3, 0.4) is 0 Å². The van der Waals surface area contributed by atoms with Crippen LogP contribution in [0.5, 0.6) is 0 Å². The van der Waals surface area contributed by atoms with Crippen LogP contribution in [0.1, 0.15) is 53.4 Å². The molecule has 0 aromatic carbocycles. The van der Waals surface area contributed by atoms with Gasteiger partial charge < -0.3 is 0 Å². The molecule has 1 aliphatic heterocycles. The van der Waals surface area contributed by atoms with Crippen molar-refractivity contribution in [3.05, 3.63) is 0 Å². The number of rotatable bonds is 2. The molecule has 2 nitrogen and oxygen atoms in total. The number of Topliss-reactive ketones (excluding diaryl/α,β-unsaturated/α-hetero) is 1. The van der Waals surface area contributed by atoms with Crippen LogP contribution in [0.25, 0.3) is 0 Å². The number of carbonyl (C=O) groups is 1. The third-order valence-corrected chi connectivity index (χ3v) is 4.04. The molecule has 2 rings (SSSR count). The summed E-state index contributed by atoms with van der Waals surface area (Å²) in [5.41, 5.74) is 0.148. The van der Waals surface area contributed by atoms with Crippen molar-refractivity contribution in [3.8, 4) is 0 Å². The number of likely N-dealkylation sites (tertiary alicyclic amines) is 1. The Bertz CT molecular complexity index is 266. The molecule has 1 heterocycles. The highest BCUT2D eigenvalue weighted by molar-refractivity contribution is 5.84. The van der Waals surface area contributed by atoms with E-state index in [-0.39, 0.29) is 11.6 Å². The van der Waals surface area contributed by atoms with Crippen LogP contribution in [-0.2, 0) is 4.79 Å². The number of nitrogens with zero attached hydrogens (tertiary/aromatic N) is 1. The Morgan fingerprint density at radius 1 is 1.33 bits per heavy atom. The van der Waals surface area contributed by atoms with Gasteiger partial charge in [0.25, 0.3) is 0 Å². The first-order valence-electron chi connectivity index (χ1n) is 6.26. The van der Waals surface area contributed by atoms with E-state index in [9.17, 15) is 4.79 Å². The first-order valence-corrected chi connectivity index (χ1v) is 6.26. The molecule has 0 N–H and O–H groups in total. The van der Waals surface area contributed by atoms with Gasteiger partial charge in [0.2, 0.25) is 0 Å². The molecule has 2 aliphatic rings. The van der Waals surface area contributed by atoms with Crippen molar-refractivity contribution < 1.29 is 4.79 Å². The molecule has 1 saturated heterocycles. The summed E-state index contributed by atoms with van der Waals surface area (Å²) in [5, 5.41) is 0. The normalized spacial score (nSPS) is 36.1. The minimum atomic E-state index is 0.148. The number of carbonyl (C=O) groups excluding carboxylic acids is 1. The summed E-state index contributed by atoms with van der Waals surface area (Å²) in [6, 6.07) is 0.907. The Kier molecular flexibility index (Phi) is 2.66. The molecule has 2 fully saturated rings. The molecule has 0 radical (unpaired) electrons. The van der Waals surface area contributed by atoms with Gasteiger partial charge in [-0.2, -0.15) is 0 Å². The Hall–Kier alpha value is -0.370. The Morgan fingerprint density at radius 2 is 2.00 bits per heavy atom. The minimum absolute atomic E-state index is 0.148. The summed E-state index contributed by atoms with van der Waals surface area (Å²) in [4.78, 5) is 14.5. The fourth-order valence-electron chi connectivity index (χ4n) is 3.58. The highest BCUT2D eigenvalue weighted by atomic mass is 16.1. The van der Waals surface area contributed by atoms with E-state index in [2.05, 4.69) is 25.7 Å². The second-order valence-electron chi connectivity index (χ2n) is 6.07. The van der Waals surface area contributed by atoms with E-state index in [1.54, 1.807) is 0 Å². The summed E-state index contributed by atoms with van der Waals surface area (Å²) in [7, 11) is 0. The van der Waals surface area contributed by atoms with Crippen LogP contribution in [0, 0.1) is 5.92 Å². The second-order valence-corrected chi connectivity index (χ2v) is 6.07. The van der Waals surface area contributed by atoms with Crippen molar-refractivity contribution in [3.63, 3.8) is 0 Å². The van der Waals surface area contributed by atoms with Crippen molar-refractivity contribution in [1.29, 1.82) is 0 Å². The molecule has 0 aromatic rings. The Balaban J connectivity index is 2.24. The number of fused-ring (bicyclic) bond motifs is 2. The third kappa shape index (κ3) is 1.73. The maximum atomic E-state index is 12.0. The molecule has 86 valence electrons. The SMILES string of the molecule is CCC(=O)C1C2CCC(C2)N1C(C)(C)C. The van der Waals surface area contributed by atoms with E-state index in [4.69, 9.17) is 0 Å². The van der Waals surface area contributed by atoms with Gasteiger partial charge in [-0.3, -0.25) is 9.69 Å². The van der Waals surface area contributed by atoms with Gasteiger partial charge in [-0.25, -0.2) is 0 Å². The van der Waals surface area contributed by atoms with Gasteiger partial charge in [0.15, 0.2) is 0 Å². The first kappa shape index (κ1) is 11.1. The summed E-state index contributed by atoms with van der Waals surface area (Å²) in [6.45, 7) is 8.71. The molecular formula is C13H23NO. The molecule has 1 saturated carbocycles. The number of ketones is 1. The van der Waals surface area contributed by atoms with Crippen molar-refractivity contribution in [2.75, 3.05) is 0 Å². The standard InChI is InChI=1S/C13H23NO/c1-5-11(15)12-9-6-7-10(8-9)14(12)13(2,3)4/h9-10,12H,5-8H2,1-4H3. The highest BCUT2D eigenvalue weighted by Crippen LogP contribution is 2.46. The smallest absolute Gasteiger partial charge is 0.150 e. The lowest BCUT2D eigenvalue weighted by molar-refractivity contribution is -0.128. The monoisotopic (exact) mass is 209 g/mol. The van der Waals surface area contributed by atoms with Gasteiger partial charge in [-0.15, -0.1) is 0 Å². The molecule has 2 bridgehead atoms. The molecule has 15 heavy (non-hydrogen) atoms. The first-order chi connectivity index (χ1) is 6.95. The van der Waals surface area contributed by atoms with Gasteiger partial charge in [0.1, 0.15) is 5.78 Å². The largest absolute Gasteiger partial charge is 0.298 e. The zero-order chi connectivity index (χ0) is 11.2. The molecule has 1 aliphatic carbocycles. The van der Waals surface area contributed by atoms with E-state index in [0.29, 0.717) is 24.2 Å². The van der Waals surface area contributed by atoms with Gasteiger partial charge >= 0.3 is 0 Å². The van der Waals surface area contributed by atoms with E-state index in [1.165, 1.54) is 19.3 Å². The van der Waals surface area contributed by atoms with Crippen molar-refractivity contribution in [2.45, 2.75) is 71.0 Å². The molecule has 3 unspecified atom stereocenters. The lowest BCUT2D eigenvalue weighted by Crippen LogP contribution is -2.54. The highest BCUT2D eigenvalue weighted by Gasteiger charge is 2.51. The summed E-state index contributed by atoms with van der Waals surface area (Å²) in [6.07, 6.45) is 4.53. The quantitative estimate of drug-likeness (QED) is 0.697. The molecule has 0 aromatic heterocycles. The zero-order valence-corrected chi connectivity index (χ0v) is 10.4. The van der Waals surface area contributed by atoms with E-state index in [0.717, 1.165) is 0 Å². The minimum Gasteiger partial charge on any atom is -0.298 e. The van der Waals surface area contributed by atoms with Crippen molar-refractivity contribution >= 4 is 5.78 Å². The number of piperidine rings is 1. The Labute approximate surface area is 93.0 Å². The zero-order valence-electron chi connectivity index (χ0n) is 10.4. The summed E-state index contributed by atoms with van der Waals surface area (Å²) < 4.78 is 0. The summed E-state index contributed by atoms with van der Waals surface area (Å²) in [5.74, 6) is 1.11. The topological polar surface area (TPSA) is 20.3 Å². The predicted octanol–water partition coefficient (Wildman–Crippen LogP) is 2.62. The number of hydrogen-bond donors (Lipinski definition) is 0. The van der Waals surface area contributed by atoms with Crippen LogP contribution < -0.4 is 0 Å². The lowest BCUT2D eigenvalue weighted by atomic mass is 9.90. The molecule has 3 atom stereocenters. The van der Waals surface area contributed by atoms with Crippen LogP contribution in [-0.4, -0.2) is 28.3 Å². The molecule has 0 spiro atoms. The van der Waals surface area contributed by atoms with Gasteiger partial charge in [-0.1, -0.05) is 6.92 Å². The number of hydrogen-bond acceptors (Lipinski definition) is 2. The van der Waals surface area contributed by atoms with Gasteiger partial charge in [0, 0.05) is 18.0 Å². The van der Waals surface area contributed by atoms with Crippen molar-refractivity contribution in [2.24, 2.45) is 5.92 Å². The van der Waals surface area contributed by atoms with E-state index in [1.807, 2.05) is 6.92 Å². The maximum absolute atomic E-state index is 12.0. The van der Waals surface area contributed by atoms with Gasteiger partial charge in [0.05, 0.1) is 6.04 Å². The fraction of sp³-hybridized carbons (Fsp3) is 0.923.